The van der Waals surface area contributed by atoms with Crippen molar-refractivity contribution in [3.63, 3.8) is 0 Å². The second kappa shape index (κ2) is 4.77. The van der Waals surface area contributed by atoms with Gasteiger partial charge >= 0.3 is 0 Å². The van der Waals surface area contributed by atoms with Crippen LogP contribution < -0.4 is 5.32 Å². The molecule has 0 saturated heterocycles. The van der Waals surface area contributed by atoms with Crippen molar-refractivity contribution in [2.75, 3.05) is 0 Å². The topological polar surface area (TPSA) is 59.8 Å². The van der Waals surface area contributed by atoms with Crippen molar-refractivity contribution in [1.29, 1.82) is 0 Å². The monoisotopic (exact) mass is 276 g/mol. The number of hydrogen-bond donors (Lipinski definition) is 1. The zero-order chi connectivity index (χ0) is 13.4. The zero-order valence-electron chi connectivity index (χ0n) is 11.0. The molecule has 0 radical (unpaired) electrons. The minimum atomic E-state index is -0.116. The third-order valence-corrected chi connectivity index (χ3v) is 4.34. The first-order valence-corrected chi connectivity index (χ1v) is 7.26. The van der Waals surface area contributed by atoms with Gasteiger partial charge in [0.25, 0.3) is 5.91 Å². The van der Waals surface area contributed by atoms with Crippen LogP contribution >= 0.6 is 11.3 Å². The van der Waals surface area contributed by atoms with E-state index in [2.05, 4.69) is 20.1 Å². The molecular formula is C13H16N4OS. The van der Waals surface area contributed by atoms with Crippen LogP contribution in [0.25, 0.3) is 0 Å². The molecule has 1 aliphatic rings. The van der Waals surface area contributed by atoms with E-state index >= 15 is 0 Å². The number of hydrogen-bond acceptors (Lipinski definition) is 4. The third kappa shape index (κ3) is 2.28. The second-order valence-corrected chi connectivity index (χ2v) is 6.12. The number of fused-ring (bicyclic) bond motifs is 1. The summed E-state index contributed by atoms with van der Waals surface area (Å²) >= 11 is 1.51. The smallest absolute Gasteiger partial charge is 0.261 e. The summed E-state index contributed by atoms with van der Waals surface area (Å²) in [5.41, 5.74) is 0. The lowest BCUT2D eigenvalue weighted by Crippen LogP contribution is -2.28. The summed E-state index contributed by atoms with van der Waals surface area (Å²) in [5, 5.41) is 11.3. The molecule has 3 heterocycles. The molecule has 1 amide bonds. The van der Waals surface area contributed by atoms with E-state index in [0.29, 0.717) is 0 Å². The number of nitrogens with zero attached hydrogens (tertiary/aromatic N) is 3. The molecule has 0 aliphatic carbocycles. The first-order valence-electron chi connectivity index (χ1n) is 6.44. The number of aryl methyl sites for hydroxylation is 2. The number of rotatable bonds is 3. The van der Waals surface area contributed by atoms with Gasteiger partial charge in [-0.2, -0.15) is 0 Å². The molecule has 3 rings (SSSR count). The molecule has 0 bridgehead atoms. The Labute approximate surface area is 115 Å². The minimum Gasteiger partial charge on any atom is -0.342 e. The lowest BCUT2D eigenvalue weighted by Gasteiger charge is -2.13. The zero-order valence-corrected chi connectivity index (χ0v) is 11.8. The molecule has 1 atom stereocenters. The van der Waals surface area contributed by atoms with Crippen molar-refractivity contribution in [2.24, 2.45) is 0 Å². The predicted molar refractivity (Wildman–Crippen MR) is 73.3 cm³/mol. The highest BCUT2D eigenvalue weighted by Crippen LogP contribution is 2.20. The Morgan fingerprint density at radius 1 is 1.47 bits per heavy atom. The molecule has 2 aromatic heterocycles. The number of amides is 1. The van der Waals surface area contributed by atoms with Gasteiger partial charge in [-0.25, -0.2) is 0 Å². The predicted octanol–water partition coefficient (Wildman–Crippen LogP) is 2.09. The molecule has 2 aromatic rings. The van der Waals surface area contributed by atoms with Crippen LogP contribution in [0.5, 0.6) is 0 Å². The van der Waals surface area contributed by atoms with Crippen molar-refractivity contribution in [1.82, 2.24) is 20.1 Å². The van der Waals surface area contributed by atoms with E-state index in [4.69, 9.17) is 0 Å². The number of thiophene rings is 1. The van der Waals surface area contributed by atoms with Crippen LogP contribution in [0.3, 0.4) is 0 Å². The maximum Gasteiger partial charge on any atom is 0.261 e. The van der Waals surface area contributed by atoms with Gasteiger partial charge in [0, 0.05) is 17.8 Å². The summed E-state index contributed by atoms with van der Waals surface area (Å²) < 4.78 is 2.12. The van der Waals surface area contributed by atoms with Crippen molar-refractivity contribution < 1.29 is 4.79 Å². The molecule has 0 aromatic carbocycles. The Kier molecular flexibility index (Phi) is 3.10. The highest BCUT2D eigenvalue weighted by Gasteiger charge is 2.22. The first-order chi connectivity index (χ1) is 9.15. The molecule has 6 heteroatoms. The summed E-state index contributed by atoms with van der Waals surface area (Å²) in [5.74, 6) is 1.85. The van der Waals surface area contributed by atoms with Crippen LogP contribution in [0.15, 0.2) is 12.1 Å². The lowest BCUT2D eigenvalue weighted by molar-refractivity contribution is 0.0941. The van der Waals surface area contributed by atoms with Crippen LogP contribution in [0, 0.1) is 6.92 Å². The molecule has 19 heavy (non-hydrogen) atoms. The normalized spacial score (nSPS) is 15.3. The Morgan fingerprint density at radius 3 is 3.05 bits per heavy atom. The van der Waals surface area contributed by atoms with Gasteiger partial charge in [0.15, 0.2) is 5.82 Å². The molecular weight excluding hydrogens is 260 g/mol. The fraction of sp³-hybridized carbons (Fsp3) is 0.462. The fourth-order valence-electron chi connectivity index (χ4n) is 2.38. The quantitative estimate of drug-likeness (QED) is 0.933. The molecule has 0 spiro atoms. The molecule has 5 nitrogen and oxygen atoms in total. The second-order valence-electron chi connectivity index (χ2n) is 4.84. The van der Waals surface area contributed by atoms with Crippen molar-refractivity contribution in [3.05, 3.63) is 33.5 Å². The summed E-state index contributed by atoms with van der Waals surface area (Å²) in [7, 11) is 0. The van der Waals surface area contributed by atoms with Crippen LogP contribution in [0.4, 0.5) is 0 Å². The SMILES string of the molecule is Cc1ccc(C(=O)N[C@@H](C)c2nnc3n2CCC3)s1. The summed E-state index contributed by atoms with van der Waals surface area (Å²) in [6.45, 7) is 4.90. The van der Waals surface area contributed by atoms with Crippen molar-refractivity contribution >= 4 is 17.2 Å². The van der Waals surface area contributed by atoms with Crippen LogP contribution in [-0.4, -0.2) is 20.7 Å². The van der Waals surface area contributed by atoms with Gasteiger partial charge in [-0.3, -0.25) is 4.79 Å². The van der Waals surface area contributed by atoms with E-state index in [1.165, 1.54) is 11.3 Å². The maximum atomic E-state index is 12.1. The Bertz CT molecular complexity index is 616. The maximum absolute atomic E-state index is 12.1. The Balaban J connectivity index is 1.74. The first kappa shape index (κ1) is 12.3. The highest BCUT2D eigenvalue weighted by atomic mass is 32.1. The Morgan fingerprint density at radius 2 is 2.32 bits per heavy atom. The van der Waals surface area contributed by atoms with Gasteiger partial charge in [0.05, 0.1) is 10.9 Å². The third-order valence-electron chi connectivity index (χ3n) is 3.34. The van der Waals surface area contributed by atoms with E-state index in [0.717, 1.165) is 40.8 Å². The number of aromatic nitrogens is 3. The van der Waals surface area contributed by atoms with Crippen LogP contribution in [0.2, 0.25) is 0 Å². The van der Waals surface area contributed by atoms with Gasteiger partial charge in [0.1, 0.15) is 5.82 Å². The van der Waals surface area contributed by atoms with E-state index in [1.54, 1.807) is 0 Å². The minimum absolute atomic E-state index is 0.0408. The largest absolute Gasteiger partial charge is 0.342 e. The van der Waals surface area contributed by atoms with E-state index in [1.807, 2.05) is 26.0 Å². The number of nitrogens with one attached hydrogen (secondary N) is 1. The molecule has 1 aliphatic heterocycles. The summed E-state index contributed by atoms with van der Waals surface area (Å²) in [6.07, 6.45) is 2.10. The molecule has 0 unspecified atom stereocenters. The van der Waals surface area contributed by atoms with Crippen molar-refractivity contribution in [3.8, 4) is 0 Å². The van der Waals surface area contributed by atoms with E-state index in [9.17, 15) is 4.79 Å². The molecule has 100 valence electrons. The highest BCUT2D eigenvalue weighted by molar-refractivity contribution is 7.13. The fourth-order valence-corrected chi connectivity index (χ4v) is 3.15. The average molecular weight is 276 g/mol. The number of carbonyl (C=O) groups is 1. The number of carbonyl (C=O) groups excluding carboxylic acids is 1. The van der Waals surface area contributed by atoms with Gasteiger partial charge in [-0.1, -0.05) is 0 Å². The average Bonchev–Trinajstić information content (AvgIpc) is 3.02. The van der Waals surface area contributed by atoms with Crippen LogP contribution in [0.1, 0.15) is 45.6 Å². The molecule has 0 saturated carbocycles. The standard InChI is InChI=1S/C13H16N4OS/c1-8-5-6-10(19-8)13(18)14-9(2)12-16-15-11-4-3-7-17(11)12/h5-6,9H,3-4,7H2,1-2H3,(H,14,18)/t9-/m0/s1. The van der Waals surface area contributed by atoms with Crippen LogP contribution in [-0.2, 0) is 13.0 Å². The Hall–Kier alpha value is -1.69. The van der Waals surface area contributed by atoms with Gasteiger partial charge in [-0.05, 0) is 32.4 Å². The lowest BCUT2D eigenvalue weighted by atomic mass is 10.3. The van der Waals surface area contributed by atoms with Gasteiger partial charge in [-0.15, -0.1) is 21.5 Å². The van der Waals surface area contributed by atoms with E-state index < -0.39 is 0 Å². The summed E-state index contributed by atoms with van der Waals surface area (Å²) in [6, 6.07) is 3.70. The molecule has 1 N–H and O–H groups in total. The van der Waals surface area contributed by atoms with Gasteiger partial charge in [0.2, 0.25) is 0 Å². The van der Waals surface area contributed by atoms with Gasteiger partial charge < -0.3 is 9.88 Å². The van der Waals surface area contributed by atoms with Crippen molar-refractivity contribution in [2.45, 2.75) is 39.3 Å². The van der Waals surface area contributed by atoms with E-state index in [-0.39, 0.29) is 11.9 Å². The summed E-state index contributed by atoms with van der Waals surface area (Å²) in [4.78, 5) is 14.0. The molecule has 0 fully saturated rings.